The summed E-state index contributed by atoms with van der Waals surface area (Å²) in [6.07, 6.45) is 1.83. The van der Waals surface area contributed by atoms with Crippen LogP contribution in [-0.2, 0) is 20.7 Å². The van der Waals surface area contributed by atoms with Gasteiger partial charge in [-0.25, -0.2) is 0 Å². The van der Waals surface area contributed by atoms with Crippen LogP contribution in [0.25, 0.3) is 0 Å². The Kier molecular flexibility index (Phi) is 4.96. The topological polar surface area (TPSA) is 58.6 Å². The summed E-state index contributed by atoms with van der Waals surface area (Å²) < 4.78 is 4.93. The van der Waals surface area contributed by atoms with E-state index in [1.807, 2.05) is 32.0 Å². The largest absolute Gasteiger partial charge is 0.375 e. The molecule has 5 nitrogen and oxygen atoms in total. The number of ether oxygens (including phenoxy) is 1. The predicted octanol–water partition coefficient (Wildman–Crippen LogP) is 2.21. The van der Waals surface area contributed by atoms with Gasteiger partial charge in [0.1, 0.15) is 6.61 Å². The molecule has 0 fully saturated rings. The second kappa shape index (κ2) is 6.72. The zero-order valence-corrected chi connectivity index (χ0v) is 12.8. The second-order valence-corrected chi connectivity index (χ2v) is 5.57. The van der Waals surface area contributed by atoms with Crippen LogP contribution in [0.1, 0.15) is 25.8 Å². The molecule has 114 valence electrons. The molecule has 0 spiro atoms. The number of rotatable bonds is 4. The van der Waals surface area contributed by atoms with Gasteiger partial charge in [-0.3, -0.25) is 9.59 Å². The van der Waals surface area contributed by atoms with Crippen LogP contribution in [0.2, 0.25) is 0 Å². The van der Waals surface area contributed by atoms with Crippen LogP contribution in [0.3, 0.4) is 0 Å². The van der Waals surface area contributed by atoms with E-state index in [4.69, 9.17) is 4.74 Å². The van der Waals surface area contributed by atoms with Crippen molar-refractivity contribution in [2.24, 2.45) is 5.92 Å². The maximum Gasteiger partial charge on any atom is 0.252 e. The summed E-state index contributed by atoms with van der Waals surface area (Å²) in [4.78, 5) is 25.6. The van der Waals surface area contributed by atoms with Gasteiger partial charge in [0, 0.05) is 30.9 Å². The quantitative estimate of drug-likeness (QED) is 0.925. The molecule has 1 heterocycles. The lowest BCUT2D eigenvalue weighted by Gasteiger charge is -2.29. The van der Waals surface area contributed by atoms with E-state index in [2.05, 4.69) is 5.32 Å². The highest BCUT2D eigenvalue weighted by Gasteiger charge is 2.22. The summed E-state index contributed by atoms with van der Waals surface area (Å²) >= 11 is 0. The van der Waals surface area contributed by atoms with Gasteiger partial charge in [-0.2, -0.15) is 0 Å². The van der Waals surface area contributed by atoms with Crippen molar-refractivity contribution in [2.75, 3.05) is 30.5 Å². The van der Waals surface area contributed by atoms with Gasteiger partial charge in [-0.05, 0) is 36.6 Å². The lowest BCUT2D eigenvalue weighted by molar-refractivity contribution is -0.122. The highest BCUT2D eigenvalue weighted by molar-refractivity contribution is 5.96. The average Bonchev–Trinajstić information content (AvgIpc) is 2.46. The molecular weight excluding hydrogens is 268 g/mol. The lowest BCUT2D eigenvalue weighted by Crippen LogP contribution is -2.37. The number of nitrogens with zero attached hydrogens (tertiary/aromatic N) is 1. The summed E-state index contributed by atoms with van der Waals surface area (Å²) in [7, 11) is 1.52. The van der Waals surface area contributed by atoms with Crippen LogP contribution in [0.4, 0.5) is 11.4 Å². The average molecular weight is 290 g/mol. The Balaban J connectivity index is 2.20. The molecule has 0 bridgehead atoms. The minimum absolute atomic E-state index is 0.00178. The monoisotopic (exact) mass is 290 g/mol. The van der Waals surface area contributed by atoms with E-state index >= 15 is 0 Å². The summed E-state index contributed by atoms with van der Waals surface area (Å²) in [6.45, 7) is 4.52. The number of amides is 2. The van der Waals surface area contributed by atoms with Crippen LogP contribution in [0.5, 0.6) is 0 Å². The van der Waals surface area contributed by atoms with Crippen molar-refractivity contribution in [2.45, 2.75) is 26.7 Å². The summed E-state index contributed by atoms with van der Waals surface area (Å²) in [6, 6.07) is 5.71. The van der Waals surface area contributed by atoms with E-state index in [1.165, 1.54) is 7.11 Å². The molecule has 0 saturated heterocycles. The Morgan fingerprint density at radius 1 is 1.38 bits per heavy atom. The molecular formula is C16H22N2O3. The summed E-state index contributed by atoms with van der Waals surface area (Å²) in [5.41, 5.74) is 2.80. The standard InChI is InChI=1S/C16H22N2O3/c1-11(2)16(20)17-13-6-7-14-12(9-13)5-4-8-18(14)15(19)10-21-3/h6-7,9,11H,4-5,8,10H2,1-3H3,(H,17,20). The van der Waals surface area contributed by atoms with Gasteiger partial charge >= 0.3 is 0 Å². The first-order chi connectivity index (χ1) is 10.0. The fourth-order valence-corrected chi connectivity index (χ4v) is 2.42. The van der Waals surface area contributed by atoms with E-state index in [9.17, 15) is 9.59 Å². The number of anilines is 2. The number of methoxy groups -OCH3 is 1. The summed E-state index contributed by atoms with van der Waals surface area (Å²) in [5.74, 6) is -0.0868. The number of aryl methyl sites for hydroxylation is 1. The van der Waals surface area contributed by atoms with Crippen molar-refractivity contribution in [1.29, 1.82) is 0 Å². The zero-order valence-electron chi connectivity index (χ0n) is 12.8. The molecule has 0 atom stereocenters. The van der Waals surface area contributed by atoms with Crippen molar-refractivity contribution in [1.82, 2.24) is 0 Å². The predicted molar refractivity (Wildman–Crippen MR) is 82.5 cm³/mol. The zero-order chi connectivity index (χ0) is 15.4. The Hall–Kier alpha value is -1.88. The van der Waals surface area contributed by atoms with Crippen LogP contribution in [-0.4, -0.2) is 32.1 Å². The van der Waals surface area contributed by atoms with Crippen molar-refractivity contribution in [3.05, 3.63) is 23.8 Å². The SMILES string of the molecule is COCC(=O)N1CCCc2cc(NC(=O)C(C)C)ccc21. The maximum atomic E-state index is 12.0. The number of nitrogens with one attached hydrogen (secondary N) is 1. The molecule has 0 aliphatic carbocycles. The molecule has 0 aromatic heterocycles. The number of fused-ring (bicyclic) bond motifs is 1. The minimum Gasteiger partial charge on any atom is -0.375 e. The molecule has 5 heteroatoms. The van der Waals surface area contributed by atoms with Crippen molar-refractivity contribution in [3.8, 4) is 0 Å². The Morgan fingerprint density at radius 2 is 2.14 bits per heavy atom. The van der Waals surface area contributed by atoms with Crippen molar-refractivity contribution < 1.29 is 14.3 Å². The Labute approximate surface area is 125 Å². The third kappa shape index (κ3) is 3.61. The van der Waals surface area contributed by atoms with Crippen LogP contribution in [0.15, 0.2) is 18.2 Å². The van der Waals surface area contributed by atoms with Gasteiger partial charge in [0.05, 0.1) is 0 Å². The molecule has 1 aliphatic rings. The third-order valence-corrected chi connectivity index (χ3v) is 3.56. The normalized spacial score (nSPS) is 14.0. The molecule has 1 aromatic carbocycles. The van der Waals surface area contributed by atoms with Gasteiger partial charge in [0.15, 0.2) is 0 Å². The molecule has 1 N–H and O–H groups in total. The number of hydrogen-bond donors (Lipinski definition) is 1. The molecule has 1 aliphatic heterocycles. The summed E-state index contributed by atoms with van der Waals surface area (Å²) in [5, 5.41) is 2.89. The van der Waals surface area contributed by atoms with Crippen LogP contribution < -0.4 is 10.2 Å². The second-order valence-electron chi connectivity index (χ2n) is 5.57. The first kappa shape index (κ1) is 15.5. The van der Waals surface area contributed by atoms with Gasteiger partial charge in [0.2, 0.25) is 5.91 Å². The van der Waals surface area contributed by atoms with E-state index in [0.717, 1.165) is 29.8 Å². The molecule has 2 amide bonds. The van der Waals surface area contributed by atoms with E-state index in [1.54, 1.807) is 4.90 Å². The Morgan fingerprint density at radius 3 is 2.81 bits per heavy atom. The maximum absolute atomic E-state index is 12.0. The molecule has 0 unspecified atom stereocenters. The van der Waals surface area contributed by atoms with Crippen molar-refractivity contribution >= 4 is 23.2 Å². The number of hydrogen-bond acceptors (Lipinski definition) is 3. The first-order valence-corrected chi connectivity index (χ1v) is 7.26. The Bertz CT molecular complexity index is 540. The van der Waals surface area contributed by atoms with Gasteiger partial charge in [-0.1, -0.05) is 13.8 Å². The molecule has 0 saturated carbocycles. The van der Waals surface area contributed by atoms with E-state index in [0.29, 0.717) is 6.54 Å². The molecule has 2 rings (SSSR count). The van der Waals surface area contributed by atoms with Crippen LogP contribution in [0, 0.1) is 5.92 Å². The molecule has 1 aromatic rings. The smallest absolute Gasteiger partial charge is 0.252 e. The fourth-order valence-electron chi connectivity index (χ4n) is 2.42. The number of benzene rings is 1. The molecule has 0 radical (unpaired) electrons. The highest BCUT2D eigenvalue weighted by Crippen LogP contribution is 2.30. The minimum atomic E-state index is -0.0548. The van der Waals surface area contributed by atoms with Gasteiger partial charge < -0.3 is 15.0 Å². The van der Waals surface area contributed by atoms with Crippen LogP contribution >= 0.6 is 0 Å². The molecule has 21 heavy (non-hydrogen) atoms. The van der Waals surface area contributed by atoms with Gasteiger partial charge in [-0.15, -0.1) is 0 Å². The third-order valence-electron chi connectivity index (χ3n) is 3.56. The fraction of sp³-hybridized carbons (Fsp3) is 0.500. The van der Waals surface area contributed by atoms with Gasteiger partial charge in [0.25, 0.3) is 5.91 Å². The van der Waals surface area contributed by atoms with E-state index in [-0.39, 0.29) is 24.3 Å². The highest BCUT2D eigenvalue weighted by atomic mass is 16.5. The van der Waals surface area contributed by atoms with Crippen molar-refractivity contribution in [3.63, 3.8) is 0 Å². The van der Waals surface area contributed by atoms with E-state index < -0.39 is 0 Å². The lowest BCUT2D eigenvalue weighted by atomic mass is 10.0. The number of carbonyl (C=O) groups excluding carboxylic acids is 2. The number of carbonyl (C=O) groups is 2. The first-order valence-electron chi connectivity index (χ1n) is 7.26.